The lowest BCUT2D eigenvalue weighted by molar-refractivity contribution is 0.0442. The van der Waals surface area contributed by atoms with E-state index in [1.165, 1.54) is 18.2 Å². The average molecular weight is 513 g/mol. The molecule has 2 atom stereocenters. The zero-order valence-electron chi connectivity index (χ0n) is 20.2. The fourth-order valence-electron chi connectivity index (χ4n) is 5.47. The Morgan fingerprint density at radius 1 is 1.19 bits per heavy atom. The van der Waals surface area contributed by atoms with Crippen LogP contribution in [-0.4, -0.2) is 74.9 Å². The van der Waals surface area contributed by atoms with Crippen LogP contribution in [0, 0.1) is 5.82 Å². The van der Waals surface area contributed by atoms with Crippen molar-refractivity contribution in [3.8, 4) is 22.8 Å². The van der Waals surface area contributed by atoms with Gasteiger partial charge in [0.25, 0.3) is 5.91 Å². The molecular formula is C25H26ClFN6O3. The Balaban J connectivity index is 1.57. The first-order valence-electron chi connectivity index (χ1n) is 11.9. The smallest absolute Gasteiger partial charge is 0.261 e. The number of hydrogen-bond acceptors (Lipinski definition) is 7. The minimum absolute atomic E-state index is 0.000893. The summed E-state index contributed by atoms with van der Waals surface area (Å²) in [5.41, 5.74) is 2.06. The van der Waals surface area contributed by atoms with Crippen molar-refractivity contribution in [3.05, 3.63) is 52.1 Å². The maximum atomic E-state index is 15.0. The molecule has 3 aliphatic rings. The summed E-state index contributed by atoms with van der Waals surface area (Å²) < 4.78 is 23.0. The quantitative estimate of drug-likeness (QED) is 0.564. The molecular weight excluding hydrogens is 487 g/mol. The summed E-state index contributed by atoms with van der Waals surface area (Å²) in [6.45, 7) is 4.63. The van der Waals surface area contributed by atoms with E-state index in [-0.39, 0.29) is 57.9 Å². The van der Waals surface area contributed by atoms with Crippen LogP contribution in [-0.2, 0) is 13.6 Å². The van der Waals surface area contributed by atoms with Gasteiger partial charge in [-0.3, -0.25) is 9.48 Å². The minimum atomic E-state index is -0.672. The molecule has 5 heterocycles. The SMILES string of the molecule is CC1c2cn(C)nc2CN1c1nc(-c2c(O)cccc2F)c(Cl)c2c1C(=O)N1CCN(C)C[C@@H]1CO2. The van der Waals surface area contributed by atoms with Crippen LogP contribution in [0.1, 0.15) is 34.6 Å². The Kier molecular flexibility index (Phi) is 5.34. The highest BCUT2D eigenvalue weighted by Crippen LogP contribution is 2.48. The van der Waals surface area contributed by atoms with Crippen LogP contribution in [0.3, 0.4) is 0 Å². The Morgan fingerprint density at radius 3 is 2.75 bits per heavy atom. The lowest BCUT2D eigenvalue weighted by Gasteiger charge is -2.38. The number of rotatable bonds is 2. The van der Waals surface area contributed by atoms with Gasteiger partial charge in [-0.15, -0.1) is 0 Å². The van der Waals surface area contributed by atoms with Gasteiger partial charge in [0, 0.05) is 38.4 Å². The van der Waals surface area contributed by atoms with E-state index in [0.29, 0.717) is 25.5 Å². The van der Waals surface area contributed by atoms with Crippen LogP contribution in [0.5, 0.6) is 11.5 Å². The van der Waals surface area contributed by atoms with Gasteiger partial charge in [0.2, 0.25) is 0 Å². The second-order valence-electron chi connectivity index (χ2n) is 9.67. The summed E-state index contributed by atoms with van der Waals surface area (Å²) in [5.74, 6) is -0.682. The number of anilines is 1. The molecule has 188 valence electrons. The Morgan fingerprint density at radius 2 is 2.00 bits per heavy atom. The van der Waals surface area contributed by atoms with E-state index >= 15 is 0 Å². The number of aryl methyl sites for hydroxylation is 1. The second kappa shape index (κ2) is 8.35. The van der Waals surface area contributed by atoms with Gasteiger partial charge >= 0.3 is 0 Å². The molecule has 1 saturated heterocycles. The zero-order valence-corrected chi connectivity index (χ0v) is 21.0. The highest BCUT2D eigenvalue weighted by molar-refractivity contribution is 6.35. The summed E-state index contributed by atoms with van der Waals surface area (Å²) in [5, 5.41) is 15.1. The number of aromatic nitrogens is 3. The lowest BCUT2D eigenvalue weighted by atomic mass is 10.0. The van der Waals surface area contributed by atoms with E-state index in [4.69, 9.17) is 21.3 Å². The predicted molar refractivity (Wildman–Crippen MR) is 132 cm³/mol. The van der Waals surface area contributed by atoms with Crippen LogP contribution in [0.2, 0.25) is 5.02 Å². The number of fused-ring (bicyclic) bond motifs is 3. The number of aromatic hydroxyl groups is 1. The second-order valence-corrected chi connectivity index (χ2v) is 10.0. The number of phenolic OH excluding ortho intramolecular Hbond substituents is 1. The van der Waals surface area contributed by atoms with Crippen molar-refractivity contribution in [1.29, 1.82) is 0 Å². The summed E-state index contributed by atoms with van der Waals surface area (Å²) in [6, 6.07) is 3.72. The first-order chi connectivity index (χ1) is 17.2. The summed E-state index contributed by atoms with van der Waals surface area (Å²) in [7, 11) is 3.88. The van der Waals surface area contributed by atoms with E-state index in [9.17, 15) is 14.3 Å². The number of carbonyl (C=O) groups is 1. The third kappa shape index (κ3) is 3.42. The molecule has 2 aromatic heterocycles. The molecule has 1 amide bonds. The van der Waals surface area contributed by atoms with Crippen LogP contribution in [0.4, 0.5) is 10.2 Å². The minimum Gasteiger partial charge on any atom is -0.507 e. The summed E-state index contributed by atoms with van der Waals surface area (Å²) >= 11 is 6.79. The average Bonchev–Trinajstić information content (AvgIpc) is 3.29. The number of pyridine rings is 1. The number of halogens is 2. The van der Waals surface area contributed by atoms with E-state index in [0.717, 1.165) is 17.8 Å². The van der Waals surface area contributed by atoms with Crippen molar-refractivity contribution < 1.29 is 19.0 Å². The molecule has 1 N–H and O–H groups in total. The van der Waals surface area contributed by atoms with Crippen molar-refractivity contribution in [2.45, 2.75) is 25.6 Å². The van der Waals surface area contributed by atoms with Gasteiger partial charge in [0.15, 0.2) is 5.75 Å². The molecule has 3 aliphatic heterocycles. The molecule has 36 heavy (non-hydrogen) atoms. The molecule has 1 fully saturated rings. The van der Waals surface area contributed by atoms with Crippen molar-refractivity contribution >= 4 is 23.3 Å². The molecule has 0 radical (unpaired) electrons. The van der Waals surface area contributed by atoms with E-state index in [1.54, 1.807) is 4.68 Å². The largest absolute Gasteiger partial charge is 0.507 e. The first-order valence-corrected chi connectivity index (χ1v) is 12.2. The lowest BCUT2D eigenvalue weighted by Crippen LogP contribution is -2.55. The molecule has 6 rings (SSSR count). The fraction of sp³-hybridized carbons (Fsp3) is 0.400. The Labute approximate surface area is 212 Å². The fourth-order valence-corrected chi connectivity index (χ4v) is 5.76. The summed E-state index contributed by atoms with van der Waals surface area (Å²) in [6.07, 6.45) is 1.95. The van der Waals surface area contributed by atoms with E-state index in [1.807, 2.05) is 37.0 Å². The third-order valence-electron chi connectivity index (χ3n) is 7.33. The standard InChI is InChI=1S/C25H26ClFN6O3/c1-13-15-10-31(3)29-17(15)11-33(13)24-20-23(36-12-14-9-30(2)7-8-32(14)25(20)35)21(26)22(28-24)19-16(27)5-4-6-18(19)34/h4-6,10,13-14,34H,7-9,11-12H2,1-3H3/t13?,14-/m1/s1. The van der Waals surface area contributed by atoms with Gasteiger partial charge in [-0.1, -0.05) is 17.7 Å². The molecule has 0 saturated carbocycles. The van der Waals surface area contributed by atoms with E-state index in [2.05, 4.69) is 10.00 Å². The molecule has 0 aliphatic carbocycles. The number of ether oxygens (including phenoxy) is 1. The van der Waals surface area contributed by atoms with E-state index < -0.39 is 5.82 Å². The van der Waals surface area contributed by atoms with Gasteiger partial charge in [0.1, 0.15) is 40.3 Å². The molecule has 3 aromatic rings. The Hall–Kier alpha value is -3.37. The number of benzene rings is 1. The number of nitrogens with zero attached hydrogens (tertiary/aromatic N) is 6. The van der Waals surface area contributed by atoms with Gasteiger partial charge < -0.3 is 24.5 Å². The normalized spacial score (nSPS) is 21.6. The molecule has 9 nitrogen and oxygen atoms in total. The highest BCUT2D eigenvalue weighted by Gasteiger charge is 2.42. The highest BCUT2D eigenvalue weighted by atomic mass is 35.5. The van der Waals surface area contributed by atoms with Gasteiger partial charge in [-0.05, 0) is 26.1 Å². The maximum Gasteiger partial charge on any atom is 0.261 e. The van der Waals surface area contributed by atoms with Gasteiger partial charge in [-0.25, -0.2) is 9.37 Å². The zero-order chi connectivity index (χ0) is 25.3. The molecule has 1 aromatic carbocycles. The van der Waals surface area contributed by atoms with Crippen LogP contribution >= 0.6 is 11.6 Å². The van der Waals surface area contributed by atoms with Gasteiger partial charge in [0.05, 0.1) is 29.9 Å². The van der Waals surface area contributed by atoms with Crippen molar-refractivity contribution in [2.24, 2.45) is 7.05 Å². The number of piperazine rings is 1. The third-order valence-corrected chi connectivity index (χ3v) is 7.68. The number of likely N-dealkylation sites (N-methyl/N-ethyl adjacent to an activating group) is 1. The van der Waals surface area contributed by atoms with Crippen LogP contribution in [0.25, 0.3) is 11.3 Å². The first kappa shape index (κ1) is 23.1. The molecule has 1 unspecified atom stereocenters. The maximum absolute atomic E-state index is 15.0. The van der Waals surface area contributed by atoms with Gasteiger partial charge in [-0.2, -0.15) is 5.10 Å². The van der Waals surface area contributed by atoms with Crippen molar-refractivity contribution in [3.63, 3.8) is 0 Å². The number of carbonyl (C=O) groups excluding carboxylic acids is 1. The van der Waals surface area contributed by atoms with Crippen molar-refractivity contribution in [2.75, 3.05) is 38.2 Å². The number of hydrogen-bond donors (Lipinski definition) is 1. The molecule has 0 bridgehead atoms. The number of phenols is 1. The molecule has 0 spiro atoms. The van der Waals surface area contributed by atoms with Crippen molar-refractivity contribution in [1.82, 2.24) is 24.6 Å². The monoisotopic (exact) mass is 512 g/mol. The van der Waals surface area contributed by atoms with Crippen LogP contribution in [0.15, 0.2) is 24.4 Å². The number of amides is 1. The van der Waals surface area contributed by atoms with Crippen LogP contribution < -0.4 is 9.64 Å². The topological polar surface area (TPSA) is 87.0 Å². The predicted octanol–water partition coefficient (Wildman–Crippen LogP) is 3.21. The summed E-state index contributed by atoms with van der Waals surface area (Å²) in [4.78, 5) is 24.7. The molecule has 11 heteroatoms. The Bertz CT molecular complexity index is 1370.